The molecule has 1 aromatic heterocycles. The fourth-order valence-electron chi connectivity index (χ4n) is 2.03. The van der Waals surface area contributed by atoms with Crippen molar-refractivity contribution in [1.82, 2.24) is 4.98 Å². The van der Waals surface area contributed by atoms with Gasteiger partial charge in [0.1, 0.15) is 0 Å². The number of nitrogens with zero attached hydrogens (tertiary/aromatic N) is 3. The summed E-state index contributed by atoms with van der Waals surface area (Å²) in [7, 11) is 1.66. The summed E-state index contributed by atoms with van der Waals surface area (Å²) >= 11 is 6.02. The summed E-state index contributed by atoms with van der Waals surface area (Å²) in [5.74, 6) is 0. The minimum atomic E-state index is 0.611. The maximum absolute atomic E-state index is 6.02. The van der Waals surface area contributed by atoms with Gasteiger partial charge in [0.25, 0.3) is 0 Å². The Bertz CT molecular complexity index is 690. The third kappa shape index (κ3) is 2.94. The van der Waals surface area contributed by atoms with Crippen LogP contribution in [0, 0.1) is 13.8 Å². The molecule has 102 valence electrons. The second-order valence-corrected chi connectivity index (χ2v) is 5.00. The van der Waals surface area contributed by atoms with Crippen LogP contribution in [0.4, 0.5) is 5.69 Å². The van der Waals surface area contributed by atoms with E-state index in [9.17, 15) is 0 Å². The molecule has 2 aromatic rings. The molecule has 0 N–H and O–H groups in total. The molecule has 0 atom stereocenters. The van der Waals surface area contributed by atoms with Gasteiger partial charge >= 0.3 is 0 Å². The second kappa shape index (κ2) is 5.97. The van der Waals surface area contributed by atoms with E-state index in [4.69, 9.17) is 11.6 Å². The van der Waals surface area contributed by atoms with Gasteiger partial charge in [-0.05, 0) is 48.7 Å². The molecule has 1 aromatic carbocycles. The monoisotopic (exact) mass is 285 g/mol. The summed E-state index contributed by atoms with van der Waals surface area (Å²) in [4.78, 5) is 4.27. The first-order chi connectivity index (χ1) is 9.52. The lowest BCUT2D eigenvalue weighted by Gasteiger charge is -2.11. The number of hydrogen-bond acceptors (Lipinski definition) is 3. The van der Waals surface area contributed by atoms with Gasteiger partial charge < -0.3 is 0 Å². The van der Waals surface area contributed by atoms with Crippen molar-refractivity contribution < 1.29 is 0 Å². The molecule has 0 aliphatic rings. The molecule has 0 amide bonds. The van der Waals surface area contributed by atoms with Gasteiger partial charge in [0.2, 0.25) is 0 Å². The first-order valence-corrected chi connectivity index (χ1v) is 6.63. The zero-order valence-electron chi connectivity index (χ0n) is 11.8. The number of halogens is 1. The van der Waals surface area contributed by atoms with Crippen molar-refractivity contribution in [2.75, 3.05) is 7.05 Å². The van der Waals surface area contributed by atoms with Crippen molar-refractivity contribution in [1.29, 1.82) is 0 Å². The number of aryl methyl sites for hydroxylation is 2. The zero-order chi connectivity index (χ0) is 14.7. The fraction of sp³-hybridized carbons (Fsp3) is 0.188. The average Bonchev–Trinajstić information content (AvgIpc) is 2.43. The maximum atomic E-state index is 6.02. The molecule has 0 saturated heterocycles. The molecule has 2 rings (SSSR count). The Morgan fingerprint density at radius 3 is 2.65 bits per heavy atom. The smallest absolute Gasteiger partial charge is 0.0881 e. The highest BCUT2D eigenvalue weighted by Crippen LogP contribution is 2.29. The Labute approximate surface area is 124 Å². The molecule has 0 saturated carbocycles. The van der Waals surface area contributed by atoms with E-state index >= 15 is 0 Å². The van der Waals surface area contributed by atoms with E-state index < -0.39 is 0 Å². The Morgan fingerprint density at radius 2 is 2.00 bits per heavy atom. The van der Waals surface area contributed by atoms with E-state index in [1.807, 2.05) is 38.1 Å². The molecular formula is C16H16ClN3. The Morgan fingerprint density at radius 1 is 1.25 bits per heavy atom. The minimum Gasteiger partial charge on any atom is -0.259 e. The lowest BCUT2D eigenvalue weighted by Crippen LogP contribution is -1.93. The van der Waals surface area contributed by atoms with E-state index in [-0.39, 0.29) is 0 Å². The normalized spacial score (nSPS) is 11.0. The quantitative estimate of drug-likeness (QED) is 0.721. The highest BCUT2D eigenvalue weighted by molar-refractivity contribution is 6.30. The van der Waals surface area contributed by atoms with E-state index in [1.54, 1.807) is 13.2 Å². The molecule has 0 fully saturated rings. The van der Waals surface area contributed by atoms with Crippen LogP contribution in [0.15, 0.2) is 47.3 Å². The zero-order valence-corrected chi connectivity index (χ0v) is 12.6. The first-order valence-electron chi connectivity index (χ1n) is 6.25. The van der Waals surface area contributed by atoms with Gasteiger partial charge in [-0.2, -0.15) is 10.2 Å². The number of pyridine rings is 1. The number of rotatable bonds is 3. The predicted molar refractivity (Wildman–Crippen MR) is 83.7 cm³/mol. The van der Waals surface area contributed by atoms with Crippen molar-refractivity contribution in [2.45, 2.75) is 13.8 Å². The Balaban J connectivity index is 2.43. The molecule has 0 spiro atoms. The highest BCUT2D eigenvalue weighted by atomic mass is 35.5. The van der Waals surface area contributed by atoms with Gasteiger partial charge in [0, 0.05) is 24.5 Å². The number of benzene rings is 1. The fourth-order valence-corrected chi connectivity index (χ4v) is 2.19. The van der Waals surface area contributed by atoms with Gasteiger partial charge in [-0.25, -0.2) is 0 Å². The van der Waals surface area contributed by atoms with E-state index in [0.29, 0.717) is 5.02 Å². The molecule has 0 radical (unpaired) electrons. The average molecular weight is 286 g/mol. The Hall–Kier alpha value is -2.00. The van der Waals surface area contributed by atoms with Gasteiger partial charge in [0.05, 0.1) is 10.7 Å². The van der Waals surface area contributed by atoms with Crippen molar-refractivity contribution >= 4 is 22.9 Å². The van der Waals surface area contributed by atoms with Gasteiger partial charge in [0.15, 0.2) is 0 Å². The van der Waals surface area contributed by atoms with Gasteiger partial charge in [-0.1, -0.05) is 24.2 Å². The van der Waals surface area contributed by atoms with Crippen LogP contribution in [0.5, 0.6) is 0 Å². The minimum absolute atomic E-state index is 0.611. The van der Waals surface area contributed by atoms with E-state index in [0.717, 1.165) is 33.6 Å². The molecule has 0 aliphatic heterocycles. The standard InChI is InChI=1S/C16H16ClN3/c1-10-7-13(5-6-16(10)20-18-4)11(2)15-8-14(17)9-19-12(15)3/h5-9H,2H2,1,3-4H3. The first kappa shape index (κ1) is 14.4. The van der Waals surface area contributed by atoms with Crippen LogP contribution in [0.3, 0.4) is 0 Å². The van der Waals surface area contributed by atoms with Crippen molar-refractivity contribution in [2.24, 2.45) is 10.2 Å². The summed E-state index contributed by atoms with van der Waals surface area (Å²) in [6.07, 6.45) is 1.64. The molecule has 0 aliphatic carbocycles. The summed E-state index contributed by atoms with van der Waals surface area (Å²) in [5, 5.41) is 8.48. The summed E-state index contributed by atoms with van der Waals surface area (Å²) in [6.45, 7) is 8.11. The molecule has 0 unspecified atom stereocenters. The molecule has 3 nitrogen and oxygen atoms in total. The van der Waals surface area contributed by atoms with Gasteiger partial charge in [-0.3, -0.25) is 4.98 Å². The van der Waals surface area contributed by atoms with Crippen LogP contribution in [-0.2, 0) is 0 Å². The number of aromatic nitrogens is 1. The lowest BCUT2D eigenvalue weighted by molar-refractivity contribution is 1.15. The summed E-state index contributed by atoms with van der Waals surface area (Å²) in [6, 6.07) is 7.86. The van der Waals surface area contributed by atoms with Crippen LogP contribution in [0.25, 0.3) is 5.57 Å². The van der Waals surface area contributed by atoms with Crippen LogP contribution >= 0.6 is 11.6 Å². The third-order valence-electron chi connectivity index (χ3n) is 3.13. The highest BCUT2D eigenvalue weighted by Gasteiger charge is 2.09. The van der Waals surface area contributed by atoms with Crippen LogP contribution in [0.2, 0.25) is 5.02 Å². The molecule has 0 bridgehead atoms. The third-order valence-corrected chi connectivity index (χ3v) is 3.34. The molecule has 4 heteroatoms. The lowest BCUT2D eigenvalue weighted by atomic mass is 9.97. The van der Waals surface area contributed by atoms with Crippen molar-refractivity contribution in [3.63, 3.8) is 0 Å². The predicted octanol–water partition coefficient (Wildman–Crippen LogP) is 5.13. The largest absolute Gasteiger partial charge is 0.259 e. The Kier molecular flexibility index (Phi) is 4.30. The molecule has 20 heavy (non-hydrogen) atoms. The van der Waals surface area contributed by atoms with E-state index in [1.165, 1.54) is 0 Å². The molecular weight excluding hydrogens is 270 g/mol. The summed E-state index contributed by atoms with van der Waals surface area (Å²) in [5.41, 5.74) is 5.73. The molecule has 1 heterocycles. The summed E-state index contributed by atoms with van der Waals surface area (Å²) < 4.78 is 0. The number of azo groups is 1. The SMILES string of the molecule is C=C(c1ccc(N=NC)c(C)c1)c1cc(Cl)cnc1C. The van der Waals surface area contributed by atoms with Crippen molar-refractivity contribution in [3.05, 3.63) is 64.4 Å². The van der Waals surface area contributed by atoms with Crippen molar-refractivity contribution in [3.8, 4) is 0 Å². The maximum Gasteiger partial charge on any atom is 0.0881 e. The van der Waals surface area contributed by atoms with Crippen LogP contribution in [-0.4, -0.2) is 12.0 Å². The topological polar surface area (TPSA) is 37.6 Å². The second-order valence-electron chi connectivity index (χ2n) is 4.57. The van der Waals surface area contributed by atoms with E-state index in [2.05, 4.69) is 21.8 Å². The van der Waals surface area contributed by atoms with Crippen LogP contribution in [0.1, 0.15) is 22.4 Å². The number of hydrogen-bond donors (Lipinski definition) is 0. The van der Waals surface area contributed by atoms with Crippen LogP contribution < -0.4 is 0 Å². The van der Waals surface area contributed by atoms with Gasteiger partial charge in [-0.15, -0.1) is 0 Å².